The van der Waals surface area contributed by atoms with Crippen LogP contribution in [0.4, 0.5) is 0 Å². The molecule has 0 N–H and O–H groups in total. The van der Waals surface area contributed by atoms with E-state index in [4.69, 9.17) is 4.74 Å². The van der Waals surface area contributed by atoms with Gasteiger partial charge in [0.1, 0.15) is 0 Å². The van der Waals surface area contributed by atoms with Crippen LogP contribution in [-0.4, -0.2) is 12.6 Å². The van der Waals surface area contributed by atoms with Crippen LogP contribution in [0.15, 0.2) is 0 Å². The molecule has 138 valence electrons. The molecule has 0 radical (unpaired) electrons. The second-order valence-corrected chi connectivity index (χ2v) is 7.03. The van der Waals surface area contributed by atoms with Crippen molar-refractivity contribution in [3.8, 4) is 0 Å². The first-order chi connectivity index (χ1) is 11.2. The standard InChI is InChI=1S/C21H42O2/c1-4-7-9-11-12-14-17-20(16-13-10-8-5-2)18-19-23-21(22)15-6-3/h20H,4-19H2,1-3H3. The molecule has 0 bridgehead atoms. The quantitative estimate of drug-likeness (QED) is 0.211. The number of hydrogen-bond donors (Lipinski definition) is 0. The number of rotatable bonds is 17. The van der Waals surface area contributed by atoms with Crippen LogP contribution in [0.25, 0.3) is 0 Å². The van der Waals surface area contributed by atoms with Crippen LogP contribution in [0.1, 0.15) is 117 Å². The lowest BCUT2D eigenvalue weighted by Crippen LogP contribution is -2.10. The molecule has 0 fully saturated rings. The van der Waals surface area contributed by atoms with Gasteiger partial charge in [-0.2, -0.15) is 0 Å². The lowest BCUT2D eigenvalue weighted by atomic mass is 9.92. The molecule has 0 aliphatic carbocycles. The molecule has 23 heavy (non-hydrogen) atoms. The largest absolute Gasteiger partial charge is 0.466 e. The minimum absolute atomic E-state index is 0.0169. The predicted octanol–water partition coefficient (Wildman–Crippen LogP) is 7.06. The van der Waals surface area contributed by atoms with Gasteiger partial charge in [0.15, 0.2) is 0 Å². The van der Waals surface area contributed by atoms with Crippen molar-refractivity contribution in [1.29, 1.82) is 0 Å². The number of carbonyl (C=O) groups is 1. The fraction of sp³-hybridized carbons (Fsp3) is 0.952. The van der Waals surface area contributed by atoms with Gasteiger partial charge in [-0.3, -0.25) is 4.79 Å². The molecule has 0 amide bonds. The minimum atomic E-state index is -0.0169. The van der Waals surface area contributed by atoms with E-state index in [1.807, 2.05) is 6.92 Å². The van der Waals surface area contributed by atoms with E-state index in [9.17, 15) is 4.79 Å². The third-order valence-corrected chi connectivity index (χ3v) is 4.68. The first-order valence-corrected chi connectivity index (χ1v) is 10.4. The van der Waals surface area contributed by atoms with Crippen molar-refractivity contribution in [3.63, 3.8) is 0 Å². The molecule has 0 heterocycles. The molecular weight excluding hydrogens is 284 g/mol. The normalized spacial score (nSPS) is 12.3. The summed E-state index contributed by atoms with van der Waals surface area (Å²) in [5.74, 6) is 0.740. The van der Waals surface area contributed by atoms with E-state index in [-0.39, 0.29) is 5.97 Å². The van der Waals surface area contributed by atoms with Gasteiger partial charge in [0.05, 0.1) is 6.61 Å². The van der Waals surface area contributed by atoms with E-state index in [0.717, 1.165) is 18.8 Å². The van der Waals surface area contributed by atoms with Crippen LogP contribution in [0, 0.1) is 5.92 Å². The van der Waals surface area contributed by atoms with Gasteiger partial charge >= 0.3 is 5.97 Å². The highest BCUT2D eigenvalue weighted by Crippen LogP contribution is 2.22. The zero-order chi connectivity index (χ0) is 17.2. The number of esters is 1. The Hall–Kier alpha value is -0.530. The zero-order valence-electron chi connectivity index (χ0n) is 16.2. The van der Waals surface area contributed by atoms with Gasteiger partial charge in [0.2, 0.25) is 0 Å². The summed E-state index contributed by atoms with van der Waals surface area (Å²) in [5, 5.41) is 0. The Morgan fingerprint density at radius 1 is 0.696 bits per heavy atom. The summed E-state index contributed by atoms with van der Waals surface area (Å²) in [4.78, 5) is 11.5. The van der Waals surface area contributed by atoms with Crippen LogP contribution >= 0.6 is 0 Å². The Labute approximate surface area is 145 Å². The molecule has 0 spiro atoms. The summed E-state index contributed by atoms with van der Waals surface area (Å²) in [6, 6.07) is 0. The molecule has 0 saturated heterocycles. The third-order valence-electron chi connectivity index (χ3n) is 4.68. The van der Waals surface area contributed by atoms with Crippen LogP contribution in [-0.2, 0) is 9.53 Å². The van der Waals surface area contributed by atoms with Crippen molar-refractivity contribution in [2.24, 2.45) is 5.92 Å². The van der Waals surface area contributed by atoms with Gasteiger partial charge in [-0.05, 0) is 18.8 Å². The summed E-state index contributed by atoms with van der Waals surface area (Å²) < 4.78 is 5.36. The summed E-state index contributed by atoms with van der Waals surface area (Å²) in [7, 11) is 0. The summed E-state index contributed by atoms with van der Waals surface area (Å²) >= 11 is 0. The molecule has 1 atom stereocenters. The monoisotopic (exact) mass is 326 g/mol. The maximum atomic E-state index is 11.5. The molecule has 1 unspecified atom stereocenters. The van der Waals surface area contributed by atoms with E-state index in [1.165, 1.54) is 77.0 Å². The van der Waals surface area contributed by atoms with Crippen molar-refractivity contribution in [2.45, 2.75) is 117 Å². The van der Waals surface area contributed by atoms with Gasteiger partial charge in [-0.25, -0.2) is 0 Å². The average molecular weight is 327 g/mol. The van der Waals surface area contributed by atoms with E-state index in [0.29, 0.717) is 13.0 Å². The van der Waals surface area contributed by atoms with Gasteiger partial charge < -0.3 is 4.74 Å². The Kier molecular flexibility index (Phi) is 17.4. The van der Waals surface area contributed by atoms with E-state index in [1.54, 1.807) is 0 Å². The second-order valence-electron chi connectivity index (χ2n) is 7.03. The fourth-order valence-electron chi connectivity index (χ4n) is 3.12. The number of carbonyl (C=O) groups excluding carboxylic acids is 1. The Balaban J connectivity index is 3.85. The summed E-state index contributed by atoms with van der Waals surface area (Å²) in [6.07, 6.45) is 18.7. The van der Waals surface area contributed by atoms with Gasteiger partial charge in [0.25, 0.3) is 0 Å². The van der Waals surface area contributed by atoms with Gasteiger partial charge in [-0.15, -0.1) is 0 Å². The number of hydrogen-bond acceptors (Lipinski definition) is 2. The highest BCUT2D eigenvalue weighted by atomic mass is 16.5. The lowest BCUT2D eigenvalue weighted by Gasteiger charge is -2.17. The van der Waals surface area contributed by atoms with Crippen molar-refractivity contribution in [2.75, 3.05) is 6.61 Å². The number of unbranched alkanes of at least 4 members (excludes halogenated alkanes) is 8. The molecule has 0 aromatic rings. The van der Waals surface area contributed by atoms with E-state index in [2.05, 4.69) is 13.8 Å². The zero-order valence-corrected chi connectivity index (χ0v) is 16.2. The molecule has 2 heteroatoms. The van der Waals surface area contributed by atoms with Crippen molar-refractivity contribution in [1.82, 2.24) is 0 Å². The molecule has 0 aromatic carbocycles. The van der Waals surface area contributed by atoms with Crippen LogP contribution in [0.3, 0.4) is 0 Å². The van der Waals surface area contributed by atoms with Gasteiger partial charge in [-0.1, -0.05) is 97.8 Å². The topological polar surface area (TPSA) is 26.3 Å². The third kappa shape index (κ3) is 16.1. The first-order valence-electron chi connectivity index (χ1n) is 10.4. The maximum absolute atomic E-state index is 11.5. The molecule has 0 aromatic heterocycles. The summed E-state index contributed by atoms with van der Waals surface area (Å²) in [5.41, 5.74) is 0. The van der Waals surface area contributed by atoms with Crippen LogP contribution in [0.5, 0.6) is 0 Å². The summed E-state index contributed by atoms with van der Waals surface area (Å²) in [6.45, 7) is 7.19. The van der Waals surface area contributed by atoms with Crippen molar-refractivity contribution in [3.05, 3.63) is 0 Å². The predicted molar refractivity (Wildman–Crippen MR) is 101 cm³/mol. The smallest absolute Gasteiger partial charge is 0.305 e. The Morgan fingerprint density at radius 3 is 1.78 bits per heavy atom. The van der Waals surface area contributed by atoms with E-state index >= 15 is 0 Å². The second kappa shape index (κ2) is 17.8. The fourth-order valence-corrected chi connectivity index (χ4v) is 3.12. The maximum Gasteiger partial charge on any atom is 0.305 e. The van der Waals surface area contributed by atoms with E-state index < -0.39 is 0 Å². The highest BCUT2D eigenvalue weighted by molar-refractivity contribution is 5.69. The van der Waals surface area contributed by atoms with Crippen LogP contribution in [0.2, 0.25) is 0 Å². The highest BCUT2D eigenvalue weighted by Gasteiger charge is 2.10. The molecule has 0 rings (SSSR count). The van der Waals surface area contributed by atoms with Gasteiger partial charge in [0, 0.05) is 6.42 Å². The Bertz CT molecular complexity index is 250. The molecular formula is C21H42O2. The van der Waals surface area contributed by atoms with Crippen molar-refractivity contribution >= 4 is 5.97 Å². The lowest BCUT2D eigenvalue weighted by molar-refractivity contribution is -0.144. The minimum Gasteiger partial charge on any atom is -0.466 e. The van der Waals surface area contributed by atoms with Crippen LogP contribution < -0.4 is 0 Å². The average Bonchev–Trinajstić information content (AvgIpc) is 2.54. The molecule has 0 aliphatic rings. The molecule has 0 aliphatic heterocycles. The SMILES string of the molecule is CCCCCCCCC(CCCCCC)CCOC(=O)CCC. The first kappa shape index (κ1) is 22.5. The van der Waals surface area contributed by atoms with Crippen molar-refractivity contribution < 1.29 is 9.53 Å². The molecule has 0 saturated carbocycles. The molecule has 2 nitrogen and oxygen atoms in total. The number of ether oxygens (including phenoxy) is 1. The Morgan fingerprint density at radius 2 is 1.22 bits per heavy atom.